The van der Waals surface area contributed by atoms with E-state index in [-0.39, 0.29) is 23.8 Å². The van der Waals surface area contributed by atoms with Crippen LogP contribution in [0.3, 0.4) is 0 Å². The van der Waals surface area contributed by atoms with Crippen molar-refractivity contribution in [3.63, 3.8) is 0 Å². The van der Waals surface area contributed by atoms with Crippen LogP contribution in [0, 0.1) is 13.8 Å². The van der Waals surface area contributed by atoms with Crippen molar-refractivity contribution in [3.05, 3.63) is 65.5 Å². The molecular weight excluding hydrogens is 392 g/mol. The van der Waals surface area contributed by atoms with Crippen LogP contribution < -0.4 is 21.7 Å². The number of nitrogens with one attached hydrogen (secondary N) is 1. The first-order chi connectivity index (χ1) is 14.9. The van der Waals surface area contributed by atoms with Gasteiger partial charge < -0.3 is 21.4 Å². The molecule has 2 aromatic carbocycles. The number of hydrogen-bond donors (Lipinski definition) is 3. The van der Waals surface area contributed by atoms with Gasteiger partial charge in [-0.05, 0) is 37.1 Å². The monoisotopic (exact) mass is 414 g/mol. The highest BCUT2D eigenvalue weighted by molar-refractivity contribution is 6.13. The molecule has 4 aromatic rings. The molecule has 0 fully saturated rings. The van der Waals surface area contributed by atoms with Gasteiger partial charge in [0.05, 0.1) is 18.4 Å². The number of carbonyl (C=O) groups is 1. The zero-order valence-corrected chi connectivity index (χ0v) is 17.2. The number of aromatic nitrogens is 4. The van der Waals surface area contributed by atoms with E-state index in [0.717, 1.165) is 22.5 Å². The highest BCUT2D eigenvalue weighted by Crippen LogP contribution is 2.34. The van der Waals surface area contributed by atoms with E-state index in [9.17, 15) is 4.79 Å². The molecular formula is C22H22N8O. The maximum absolute atomic E-state index is 13.7. The Labute approximate surface area is 178 Å². The topological polar surface area (TPSA) is 128 Å². The fourth-order valence-electron chi connectivity index (χ4n) is 4.12. The van der Waals surface area contributed by atoms with E-state index in [1.165, 1.54) is 0 Å². The second kappa shape index (κ2) is 6.98. The van der Waals surface area contributed by atoms with Crippen LogP contribution in [0.1, 0.15) is 21.5 Å². The van der Waals surface area contributed by atoms with Crippen molar-refractivity contribution in [1.82, 2.24) is 19.5 Å². The van der Waals surface area contributed by atoms with Crippen molar-refractivity contribution in [2.24, 2.45) is 0 Å². The normalized spacial score (nSPS) is 15.7. The Hall–Kier alpha value is -4.14. The third kappa shape index (κ3) is 3.02. The predicted molar refractivity (Wildman–Crippen MR) is 121 cm³/mol. The zero-order chi connectivity index (χ0) is 21.7. The molecule has 0 saturated carbocycles. The van der Waals surface area contributed by atoms with E-state index in [0.29, 0.717) is 23.3 Å². The Kier molecular flexibility index (Phi) is 4.25. The quantitative estimate of drug-likeness (QED) is 0.470. The molecule has 0 radical (unpaired) electrons. The lowest BCUT2D eigenvalue weighted by atomic mass is 10.0. The number of para-hydroxylation sites is 1. The second-order valence-electron chi connectivity index (χ2n) is 7.66. The number of aryl methyl sites for hydroxylation is 2. The SMILES string of the molecule is Cc1ccccc1N1C(=O)c2c(C)cccc2NC1Cn1cnc2c(N)nc(N)nc21. The van der Waals surface area contributed by atoms with Gasteiger partial charge in [-0.1, -0.05) is 30.3 Å². The summed E-state index contributed by atoms with van der Waals surface area (Å²) < 4.78 is 1.83. The number of carbonyl (C=O) groups excluding carboxylic acids is 1. The van der Waals surface area contributed by atoms with Gasteiger partial charge in [-0.3, -0.25) is 9.69 Å². The van der Waals surface area contributed by atoms with Crippen molar-refractivity contribution in [2.75, 3.05) is 21.7 Å². The second-order valence-corrected chi connectivity index (χ2v) is 7.66. The van der Waals surface area contributed by atoms with Crippen molar-refractivity contribution >= 4 is 40.2 Å². The highest BCUT2D eigenvalue weighted by atomic mass is 16.2. The first-order valence-corrected chi connectivity index (χ1v) is 9.93. The van der Waals surface area contributed by atoms with E-state index in [2.05, 4.69) is 20.3 Å². The summed E-state index contributed by atoms with van der Waals surface area (Å²) in [6, 6.07) is 13.6. The van der Waals surface area contributed by atoms with Crippen molar-refractivity contribution in [3.8, 4) is 0 Å². The van der Waals surface area contributed by atoms with Gasteiger partial charge in [-0.25, -0.2) is 4.98 Å². The Morgan fingerprint density at radius 1 is 1.03 bits per heavy atom. The average Bonchev–Trinajstić information content (AvgIpc) is 3.12. The van der Waals surface area contributed by atoms with Crippen molar-refractivity contribution in [1.29, 1.82) is 0 Å². The number of nitrogens with two attached hydrogens (primary N) is 2. The molecule has 1 atom stereocenters. The van der Waals surface area contributed by atoms with E-state index >= 15 is 0 Å². The summed E-state index contributed by atoms with van der Waals surface area (Å²) in [5, 5.41) is 3.53. The molecule has 0 bridgehead atoms. The molecule has 1 unspecified atom stereocenters. The molecule has 31 heavy (non-hydrogen) atoms. The molecule has 0 aliphatic carbocycles. The van der Waals surface area contributed by atoms with Crippen LogP contribution >= 0.6 is 0 Å². The average molecular weight is 414 g/mol. The van der Waals surface area contributed by atoms with Gasteiger partial charge in [0.1, 0.15) is 11.7 Å². The van der Waals surface area contributed by atoms with E-state index < -0.39 is 0 Å². The fraction of sp³-hybridized carbons (Fsp3) is 0.182. The minimum atomic E-state index is -0.377. The van der Waals surface area contributed by atoms with Gasteiger partial charge in [-0.2, -0.15) is 9.97 Å². The summed E-state index contributed by atoms with van der Waals surface area (Å²) in [4.78, 5) is 28.1. The van der Waals surface area contributed by atoms with Crippen LogP contribution in [-0.2, 0) is 6.54 Å². The van der Waals surface area contributed by atoms with E-state index in [1.807, 2.05) is 60.9 Å². The smallest absolute Gasteiger partial charge is 0.262 e. The lowest BCUT2D eigenvalue weighted by molar-refractivity contribution is 0.0972. The standard InChI is InChI=1S/C22H22N8O/c1-12-6-3-4-9-15(12)30-16(26-14-8-5-7-13(2)17(14)21(30)31)10-29-11-25-18-19(23)27-22(24)28-20(18)29/h3-9,11,16,26H,10H2,1-2H3,(H4,23,24,27,28). The van der Waals surface area contributed by atoms with Gasteiger partial charge in [0.25, 0.3) is 5.91 Å². The lowest BCUT2D eigenvalue weighted by Gasteiger charge is -2.39. The van der Waals surface area contributed by atoms with Crippen LogP contribution in [0.4, 0.5) is 23.1 Å². The maximum Gasteiger partial charge on any atom is 0.262 e. The van der Waals surface area contributed by atoms with Crippen LogP contribution in [0.2, 0.25) is 0 Å². The Morgan fingerprint density at radius 3 is 2.61 bits per heavy atom. The molecule has 9 nitrogen and oxygen atoms in total. The summed E-state index contributed by atoms with van der Waals surface area (Å²) >= 11 is 0. The molecule has 1 amide bonds. The Balaban J connectivity index is 1.64. The number of amides is 1. The van der Waals surface area contributed by atoms with Gasteiger partial charge in [-0.15, -0.1) is 0 Å². The number of benzene rings is 2. The maximum atomic E-state index is 13.7. The Bertz CT molecular complexity index is 1330. The molecule has 5 N–H and O–H groups in total. The first kappa shape index (κ1) is 18.9. The van der Waals surface area contributed by atoms with E-state index in [1.54, 1.807) is 11.2 Å². The van der Waals surface area contributed by atoms with Gasteiger partial charge in [0.2, 0.25) is 5.95 Å². The van der Waals surface area contributed by atoms with Crippen LogP contribution in [0.25, 0.3) is 11.2 Å². The van der Waals surface area contributed by atoms with Crippen LogP contribution in [0.15, 0.2) is 48.8 Å². The molecule has 156 valence electrons. The molecule has 1 aliphatic heterocycles. The van der Waals surface area contributed by atoms with Gasteiger partial charge in [0.15, 0.2) is 11.5 Å². The van der Waals surface area contributed by atoms with Crippen molar-refractivity contribution in [2.45, 2.75) is 26.6 Å². The molecule has 3 heterocycles. The van der Waals surface area contributed by atoms with Gasteiger partial charge >= 0.3 is 0 Å². The number of imidazole rings is 1. The Morgan fingerprint density at radius 2 is 1.81 bits per heavy atom. The largest absolute Gasteiger partial charge is 0.382 e. The minimum absolute atomic E-state index is 0.0516. The number of fused-ring (bicyclic) bond motifs is 2. The summed E-state index contributed by atoms with van der Waals surface area (Å²) in [7, 11) is 0. The summed E-state index contributed by atoms with van der Waals surface area (Å²) in [6.45, 7) is 4.33. The first-order valence-electron chi connectivity index (χ1n) is 9.93. The number of hydrogen-bond acceptors (Lipinski definition) is 7. The third-order valence-corrected chi connectivity index (χ3v) is 5.59. The lowest BCUT2D eigenvalue weighted by Crippen LogP contribution is -2.51. The number of nitrogens with zero attached hydrogens (tertiary/aromatic N) is 5. The number of rotatable bonds is 3. The minimum Gasteiger partial charge on any atom is -0.382 e. The summed E-state index contributed by atoms with van der Waals surface area (Å²) in [5.74, 6) is 0.256. The van der Waals surface area contributed by atoms with Gasteiger partial charge in [0, 0.05) is 11.4 Å². The van der Waals surface area contributed by atoms with E-state index in [4.69, 9.17) is 11.5 Å². The summed E-state index contributed by atoms with van der Waals surface area (Å²) in [5.41, 5.74) is 17.0. The predicted octanol–water partition coefficient (Wildman–Crippen LogP) is 2.71. The van der Waals surface area contributed by atoms with Crippen LogP contribution in [0.5, 0.6) is 0 Å². The third-order valence-electron chi connectivity index (χ3n) is 5.59. The van der Waals surface area contributed by atoms with Crippen LogP contribution in [-0.4, -0.2) is 31.6 Å². The molecule has 0 saturated heterocycles. The number of anilines is 4. The fourth-order valence-corrected chi connectivity index (χ4v) is 4.12. The highest BCUT2D eigenvalue weighted by Gasteiger charge is 2.35. The summed E-state index contributed by atoms with van der Waals surface area (Å²) in [6.07, 6.45) is 1.26. The number of nitrogen functional groups attached to an aromatic ring is 2. The molecule has 1 aliphatic rings. The molecule has 5 rings (SSSR count). The zero-order valence-electron chi connectivity index (χ0n) is 17.2. The van der Waals surface area contributed by atoms with Crippen molar-refractivity contribution < 1.29 is 4.79 Å². The molecule has 2 aromatic heterocycles. The molecule has 0 spiro atoms. The molecule has 9 heteroatoms.